The van der Waals surface area contributed by atoms with E-state index in [1.807, 2.05) is 48.5 Å². The number of rotatable bonds is 14. The van der Waals surface area contributed by atoms with Crippen molar-refractivity contribution in [2.24, 2.45) is 23.2 Å². The largest absolute Gasteiger partial charge is 0.416 e. The van der Waals surface area contributed by atoms with Gasteiger partial charge in [-0.15, -0.1) is 0 Å². The maximum absolute atomic E-state index is 15.5. The lowest BCUT2D eigenvalue weighted by molar-refractivity contribution is -0.158. The second-order valence-corrected chi connectivity index (χ2v) is 31.0. The molecule has 0 radical (unpaired) electrons. The smallest absolute Gasteiger partial charge is 0.391 e. The Labute approximate surface area is 595 Å². The van der Waals surface area contributed by atoms with Gasteiger partial charge in [0.15, 0.2) is 6.04 Å². The zero-order chi connectivity index (χ0) is 75.9. The second kappa shape index (κ2) is 36.5. The molecule has 3 aliphatic heterocycles. The minimum Gasteiger partial charge on any atom is -0.391 e. The van der Waals surface area contributed by atoms with E-state index in [0.717, 1.165) is 45.4 Å². The molecule has 0 saturated carbocycles. The molecular formula is C74H115F3N12O12. The van der Waals surface area contributed by atoms with Gasteiger partial charge in [0.05, 0.1) is 23.9 Å². The molecule has 3 fully saturated rings. The van der Waals surface area contributed by atoms with Gasteiger partial charge >= 0.3 is 6.18 Å². The van der Waals surface area contributed by atoms with E-state index in [1.54, 1.807) is 63.1 Å². The number of fused-ring (bicyclic) bond motifs is 1. The highest BCUT2D eigenvalue weighted by Gasteiger charge is 2.48. The number of carbonyl (C=O) groups excluding carboxylic acids is 11. The van der Waals surface area contributed by atoms with Gasteiger partial charge in [0.2, 0.25) is 53.2 Å². The lowest BCUT2D eigenvalue weighted by Crippen LogP contribution is -2.66. The lowest BCUT2D eigenvalue weighted by atomic mass is 9.88. The van der Waals surface area contributed by atoms with E-state index >= 15 is 43.2 Å². The van der Waals surface area contributed by atoms with Crippen molar-refractivity contribution < 1.29 is 71.0 Å². The Bertz CT molecular complexity index is 3190. The molecule has 6 N–H and O–H groups in total. The zero-order valence-electron chi connectivity index (χ0n) is 62.8. The number of alkyl halides is 3. The number of hydrogen-bond donors (Lipinski definition) is 6. The summed E-state index contributed by atoms with van der Waals surface area (Å²) in [6.45, 7) is 23.4. The third-order valence-electron chi connectivity index (χ3n) is 19.9. The summed E-state index contributed by atoms with van der Waals surface area (Å²) >= 11 is 0. The number of nitrogens with zero attached hydrogens (tertiary/aromatic N) is 7. The molecule has 11 amide bonds. The van der Waals surface area contributed by atoms with Crippen molar-refractivity contribution in [2.75, 3.05) is 54.9 Å². The molecule has 3 aliphatic rings. The maximum Gasteiger partial charge on any atom is 0.416 e. The Balaban J connectivity index is 1.74. The molecule has 1 unspecified atom stereocenters. The van der Waals surface area contributed by atoms with E-state index < -0.39 is 155 Å². The average Bonchev–Trinajstić information content (AvgIpc) is 0.790. The fraction of sp³-hybridized carbons (Fsp3) is 0.689. The van der Waals surface area contributed by atoms with Crippen LogP contribution in [0.1, 0.15) is 177 Å². The van der Waals surface area contributed by atoms with Crippen molar-refractivity contribution in [1.29, 1.82) is 0 Å². The molecule has 3 saturated heterocycles. The van der Waals surface area contributed by atoms with Gasteiger partial charge < -0.3 is 61.1 Å². The number of benzene rings is 2. The molecule has 101 heavy (non-hydrogen) atoms. The standard InChI is InChI=1S/C74H115F3N12O12/c1-44(2)39-55-61(91)79-52(34-35-72(9,10)11)65(95)86(17)58(41-46(5)6)68(98)89-38-26-23-29-54(89)67(97)87(18)73(12,13)71(101)82-59(47(7)90)69(99)85(16)57(43-49-27-21-19-22-28-49)62(92)80-53(42-50-30-32-51(33-31-50)74(75,76)77)66(96)84(15)56(40-45(3)4)63(93)81-60(64(94)78-48(8)83(55)14)70(100)88-36-24-20-25-37-88/h19,21-22,27-28,30-33,44-48,52-60,90H,20,23-26,29,34-43H2,1-18H3,(H,78,94)(H,79,91)(H,80,92)(H,81,93)(H,82,101)/t47-,48+,52?,53+,54+,55+,56+,57+,58+,59+,60+/m1/s1. The van der Waals surface area contributed by atoms with Crippen LogP contribution in [0.3, 0.4) is 0 Å². The average molecular weight is 1420 g/mol. The van der Waals surface area contributed by atoms with Gasteiger partial charge in [0.25, 0.3) is 11.8 Å². The zero-order valence-corrected chi connectivity index (χ0v) is 62.8. The van der Waals surface area contributed by atoms with Gasteiger partial charge in [-0.05, 0) is 152 Å². The normalized spacial score (nSPS) is 26.2. The molecule has 564 valence electrons. The Morgan fingerprint density at radius 1 is 0.554 bits per heavy atom. The minimum absolute atomic E-state index is 0.0871. The van der Waals surface area contributed by atoms with E-state index in [1.165, 1.54) is 63.7 Å². The highest BCUT2D eigenvalue weighted by atomic mass is 19.4. The number of likely N-dealkylation sites (N-methyl/N-ethyl adjacent to an activating group) is 5. The van der Waals surface area contributed by atoms with E-state index in [-0.39, 0.29) is 86.9 Å². The van der Waals surface area contributed by atoms with Gasteiger partial charge in [-0.25, -0.2) is 0 Å². The van der Waals surface area contributed by atoms with Crippen LogP contribution in [0.2, 0.25) is 0 Å². The number of amides is 11. The quantitative estimate of drug-likeness (QED) is 0.125. The lowest BCUT2D eigenvalue weighted by Gasteiger charge is -2.44. The van der Waals surface area contributed by atoms with E-state index in [2.05, 4.69) is 26.6 Å². The summed E-state index contributed by atoms with van der Waals surface area (Å²) < 4.78 is 42.0. The molecule has 24 nitrogen and oxygen atoms in total. The fourth-order valence-corrected chi connectivity index (χ4v) is 13.2. The topological polar surface area (TPSA) is 291 Å². The van der Waals surface area contributed by atoms with Crippen LogP contribution in [0, 0.1) is 23.2 Å². The van der Waals surface area contributed by atoms with Crippen LogP contribution >= 0.6 is 0 Å². The first-order valence-electron chi connectivity index (χ1n) is 35.8. The first kappa shape index (κ1) is 84.0. The monoisotopic (exact) mass is 1420 g/mol. The van der Waals surface area contributed by atoms with Crippen LogP contribution in [-0.2, 0) is 71.8 Å². The van der Waals surface area contributed by atoms with Crippen molar-refractivity contribution in [3.05, 3.63) is 71.3 Å². The fourth-order valence-electron chi connectivity index (χ4n) is 13.2. The van der Waals surface area contributed by atoms with E-state index in [4.69, 9.17) is 0 Å². The Morgan fingerprint density at radius 2 is 1.05 bits per heavy atom. The van der Waals surface area contributed by atoms with Crippen molar-refractivity contribution in [1.82, 2.24) is 60.9 Å². The van der Waals surface area contributed by atoms with Gasteiger partial charge in [-0.3, -0.25) is 57.6 Å². The van der Waals surface area contributed by atoms with Crippen molar-refractivity contribution in [3.63, 3.8) is 0 Å². The predicted octanol–water partition coefficient (Wildman–Crippen LogP) is 5.66. The molecule has 0 aliphatic carbocycles. The number of nitrogens with one attached hydrogen (secondary N) is 5. The van der Waals surface area contributed by atoms with Crippen LogP contribution in [0.4, 0.5) is 13.2 Å². The third kappa shape index (κ3) is 22.9. The van der Waals surface area contributed by atoms with Gasteiger partial charge in [0.1, 0.15) is 47.8 Å². The van der Waals surface area contributed by atoms with Crippen LogP contribution in [0.5, 0.6) is 0 Å². The maximum atomic E-state index is 15.5. The summed E-state index contributed by atoms with van der Waals surface area (Å²) in [6, 6.07) is -0.629. The van der Waals surface area contributed by atoms with Gasteiger partial charge in [-0.1, -0.05) is 105 Å². The third-order valence-corrected chi connectivity index (χ3v) is 19.9. The Hall–Kier alpha value is -7.68. The first-order valence-corrected chi connectivity index (χ1v) is 35.8. The van der Waals surface area contributed by atoms with Crippen molar-refractivity contribution in [3.8, 4) is 0 Å². The summed E-state index contributed by atoms with van der Waals surface area (Å²) in [7, 11) is 7.01. The van der Waals surface area contributed by atoms with Gasteiger partial charge in [0, 0.05) is 60.7 Å². The van der Waals surface area contributed by atoms with E-state index in [9.17, 15) is 27.9 Å². The number of likely N-dealkylation sites (tertiary alicyclic amines) is 1. The molecule has 11 atom stereocenters. The number of halogens is 3. The number of hydrogen-bond acceptors (Lipinski definition) is 13. The van der Waals surface area contributed by atoms with Crippen molar-refractivity contribution >= 4 is 65.0 Å². The molecule has 5 rings (SSSR count). The number of aliphatic hydroxyl groups is 1. The van der Waals surface area contributed by atoms with Crippen molar-refractivity contribution in [2.45, 2.75) is 252 Å². The Morgan fingerprint density at radius 3 is 1.60 bits per heavy atom. The molecule has 2 aromatic rings. The van der Waals surface area contributed by atoms with Gasteiger partial charge in [-0.2, -0.15) is 13.2 Å². The summed E-state index contributed by atoms with van der Waals surface area (Å²) in [4.78, 5) is 176. The molecule has 0 bridgehead atoms. The minimum atomic E-state index is -4.74. The molecule has 0 spiro atoms. The first-order chi connectivity index (χ1) is 47.0. The number of carbonyl (C=O) groups is 11. The van der Waals surface area contributed by atoms with Crippen LogP contribution < -0.4 is 26.6 Å². The SMILES string of the molecule is CC(C)C[C@H]1C(=O)N2CCCC[C@H]2C(=O)N(C)C(C)(C)C(=O)N[C@@H]([C@@H](C)O)C(=O)N(C)[C@@H](Cc2ccccc2)C(=O)N[C@@H](Cc2ccc(C(F)(F)F)cc2)C(=O)N(C)[C@@H](CC(C)C)C(=O)N[C@H](C(=O)N2CCCCC2)C(=O)N[C@H](C)N(C)[C@@H](CC(C)C)C(=O)NC(CCC(C)(C)C)C(=O)N1C. The summed E-state index contributed by atoms with van der Waals surface area (Å²) in [5.41, 5.74) is -2.50. The summed E-state index contributed by atoms with van der Waals surface area (Å²) in [5, 5.41) is 25.4. The second-order valence-electron chi connectivity index (χ2n) is 31.0. The molecular weight excluding hydrogens is 1310 g/mol. The molecule has 27 heteroatoms. The van der Waals surface area contributed by atoms with Crippen LogP contribution in [0.25, 0.3) is 0 Å². The highest BCUT2D eigenvalue weighted by molar-refractivity contribution is 6.08. The molecule has 0 aromatic heterocycles. The number of aliphatic hydroxyl groups excluding tert-OH is 1. The predicted molar refractivity (Wildman–Crippen MR) is 377 cm³/mol. The highest BCUT2D eigenvalue weighted by Crippen LogP contribution is 2.31. The van der Waals surface area contributed by atoms with Crippen LogP contribution in [0.15, 0.2) is 54.6 Å². The molecule has 2 aromatic carbocycles. The summed E-state index contributed by atoms with van der Waals surface area (Å²) in [5.74, 6) is -9.45. The Kier molecular flexibility index (Phi) is 30.3. The molecule has 3 heterocycles. The number of piperidine rings is 2. The van der Waals surface area contributed by atoms with Crippen LogP contribution in [-0.4, -0.2) is 231 Å². The summed E-state index contributed by atoms with van der Waals surface area (Å²) in [6.07, 6.45) is -4.04. The van der Waals surface area contributed by atoms with E-state index in [0.29, 0.717) is 37.7 Å².